The van der Waals surface area contributed by atoms with Gasteiger partial charge in [-0.05, 0) is 13.3 Å². The van der Waals surface area contributed by atoms with Gasteiger partial charge in [-0.2, -0.15) is 0 Å². The summed E-state index contributed by atoms with van der Waals surface area (Å²) in [6.07, 6.45) is 7.26. The lowest BCUT2D eigenvalue weighted by molar-refractivity contribution is 0.818. The zero-order valence-electron chi connectivity index (χ0n) is 5.09. The van der Waals surface area contributed by atoms with E-state index in [1.54, 1.807) is 0 Å². The molecule has 1 heteroatoms. The molecule has 1 nitrogen and oxygen atoms in total. The second kappa shape index (κ2) is 2.14. The van der Waals surface area contributed by atoms with Crippen molar-refractivity contribution in [2.24, 2.45) is 5.73 Å². The van der Waals surface area contributed by atoms with Crippen molar-refractivity contribution in [3.05, 3.63) is 23.8 Å². The van der Waals surface area contributed by atoms with Crippen LogP contribution >= 0.6 is 0 Å². The molecular weight excluding hydrogens is 98.1 g/mol. The Morgan fingerprint density at radius 1 is 1.75 bits per heavy atom. The Bertz CT molecular complexity index is 133. The minimum Gasteiger partial charge on any atom is -0.324 e. The third-order valence-corrected chi connectivity index (χ3v) is 1.32. The highest BCUT2D eigenvalue weighted by Crippen LogP contribution is 2.06. The van der Waals surface area contributed by atoms with Gasteiger partial charge in [0.1, 0.15) is 0 Å². The summed E-state index contributed by atoms with van der Waals surface area (Å²) < 4.78 is 0. The monoisotopic (exact) mass is 109 g/mol. The van der Waals surface area contributed by atoms with Crippen molar-refractivity contribution in [2.75, 3.05) is 0 Å². The topological polar surface area (TPSA) is 26.0 Å². The van der Waals surface area contributed by atoms with Gasteiger partial charge in [-0.25, -0.2) is 0 Å². The van der Waals surface area contributed by atoms with Crippen LogP contribution in [-0.2, 0) is 0 Å². The van der Waals surface area contributed by atoms with Crippen LogP contribution in [0.25, 0.3) is 0 Å². The van der Waals surface area contributed by atoms with Gasteiger partial charge in [0.2, 0.25) is 0 Å². The van der Waals surface area contributed by atoms with Gasteiger partial charge < -0.3 is 5.73 Å². The van der Waals surface area contributed by atoms with Crippen LogP contribution in [0.4, 0.5) is 0 Å². The summed E-state index contributed by atoms with van der Waals surface area (Å²) in [6.45, 7) is 2.09. The van der Waals surface area contributed by atoms with Crippen molar-refractivity contribution >= 4 is 0 Å². The highest BCUT2D eigenvalue weighted by molar-refractivity contribution is 5.22. The Morgan fingerprint density at radius 2 is 2.50 bits per heavy atom. The molecule has 2 N–H and O–H groups in total. The quantitative estimate of drug-likeness (QED) is 0.497. The molecular formula is C7H11N. The number of hydrogen-bond acceptors (Lipinski definition) is 1. The molecule has 0 aromatic rings. The molecule has 0 aliphatic heterocycles. The molecule has 0 saturated heterocycles. The fourth-order valence-electron chi connectivity index (χ4n) is 0.744. The number of hydrogen-bond donors (Lipinski definition) is 1. The van der Waals surface area contributed by atoms with E-state index >= 15 is 0 Å². The second-order valence-electron chi connectivity index (χ2n) is 2.21. The third kappa shape index (κ3) is 1.20. The predicted octanol–water partition coefficient (Wildman–Crippen LogP) is 1.22. The Balaban J connectivity index is 2.58. The smallest absolute Gasteiger partial charge is 0.0262 e. The molecule has 0 saturated carbocycles. The van der Waals surface area contributed by atoms with E-state index in [-0.39, 0.29) is 6.04 Å². The normalized spacial score (nSPS) is 27.8. The largest absolute Gasteiger partial charge is 0.324 e. The Hall–Kier alpha value is -0.560. The van der Waals surface area contributed by atoms with Crippen molar-refractivity contribution in [3.63, 3.8) is 0 Å². The summed E-state index contributed by atoms with van der Waals surface area (Å²) in [5.41, 5.74) is 6.89. The molecule has 0 aromatic heterocycles. The number of nitrogens with two attached hydrogens (primary N) is 1. The molecule has 0 amide bonds. The molecule has 1 aliphatic rings. The summed E-state index contributed by atoms with van der Waals surface area (Å²) in [5, 5.41) is 0. The lowest BCUT2D eigenvalue weighted by Gasteiger charge is -2.07. The van der Waals surface area contributed by atoms with E-state index in [0.29, 0.717) is 0 Å². The van der Waals surface area contributed by atoms with Crippen molar-refractivity contribution in [2.45, 2.75) is 19.4 Å². The maximum Gasteiger partial charge on any atom is 0.0262 e. The summed E-state index contributed by atoms with van der Waals surface area (Å²) in [4.78, 5) is 0. The molecule has 44 valence electrons. The van der Waals surface area contributed by atoms with E-state index in [9.17, 15) is 0 Å². The maximum atomic E-state index is 5.57. The van der Waals surface area contributed by atoms with Crippen LogP contribution in [0.5, 0.6) is 0 Å². The van der Waals surface area contributed by atoms with Gasteiger partial charge in [-0.3, -0.25) is 0 Å². The van der Waals surface area contributed by atoms with Gasteiger partial charge in [0.25, 0.3) is 0 Å². The molecule has 1 aliphatic carbocycles. The molecule has 0 aromatic carbocycles. The highest BCUT2D eigenvalue weighted by atomic mass is 14.6. The second-order valence-corrected chi connectivity index (χ2v) is 2.21. The summed E-state index contributed by atoms with van der Waals surface area (Å²) in [7, 11) is 0. The number of allylic oxidation sites excluding steroid dienone is 2. The number of rotatable bonds is 0. The van der Waals surface area contributed by atoms with E-state index in [1.807, 2.05) is 6.08 Å². The molecule has 8 heavy (non-hydrogen) atoms. The Kier molecular flexibility index (Phi) is 1.49. The summed E-state index contributed by atoms with van der Waals surface area (Å²) in [5.74, 6) is 0. The fourth-order valence-corrected chi connectivity index (χ4v) is 0.744. The van der Waals surface area contributed by atoms with Gasteiger partial charge >= 0.3 is 0 Å². The lowest BCUT2D eigenvalue weighted by atomic mass is 10.1. The standard InChI is InChI=1S/C7H11N/c1-6-2-4-7(8)5-3-6/h2-4,7H,5,8H2,1H3. The van der Waals surface area contributed by atoms with Gasteiger partial charge in [-0.15, -0.1) is 0 Å². The Labute approximate surface area is 49.9 Å². The van der Waals surface area contributed by atoms with E-state index in [1.165, 1.54) is 5.57 Å². The zero-order chi connectivity index (χ0) is 5.98. The van der Waals surface area contributed by atoms with Gasteiger partial charge in [0.05, 0.1) is 0 Å². The first kappa shape index (κ1) is 5.57. The summed E-state index contributed by atoms with van der Waals surface area (Å²) >= 11 is 0. The van der Waals surface area contributed by atoms with E-state index in [0.717, 1.165) is 6.42 Å². The average Bonchev–Trinajstić information content (AvgIpc) is 1.77. The van der Waals surface area contributed by atoms with Crippen molar-refractivity contribution in [3.8, 4) is 0 Å². The van der Waals surface area contributed by atoms with E-state index < -0.39 is 0 Å². The maximum absolute atomic E-state index is 5.57. The van der Waals surface area contributed by atoms with Crippen LogP contribution in [0.2, 0.25) is 0 Å². The average molecular weight is 109 g/mol. The molecule has 0 heterocycles. The zero-order valence-corrected chi connectivity index (χ0v) is 5.09. The van der Waals surface area contributed by atoms with Gasteiger partial charge in [-0.1, -0.05) is 23.8 Å². The van der Waals surface area contributed by atoms with E-state index in [2.05, 4.69) is 19.1 Å². The van der Waals surface area contributed by atoms with Gasteiger partial charge in [0, 0.05) is 6.04 Å². The first-order valence-corrected chi connectivity index (χ1v) is 2.89. The van der Waals surface area contributed by atoms with Gasteiger partial charge in [0.15, 0.2) is 0 Å². The van der Waals surface area contributed by atoms with Crippen molar-refractivity contribution in [1.29, 1.82) is 0 Å². The molecule has 1 atom stereocenters. The molecule has 0 fully saturated rings. The highest BCUT2D eigenvalue weighted by Gasteiger charge is 1.97. The fraction of sp³-hybridized carbons (Fsp3) is 0.429. The van der Waals surface area contributed by atoms with E-state index in [4.69, 9.17) is 5.73 Å². The summed E-state index contributed by atoms with van der Waals surface area (Å²) in [6, 6.07) is 0.263. The van der Waals surface area contributed by atoms with Crippen LogP contribution in [0.3, 0.4) is 0 Å². The first-order valence-electron chi connectivity index (χ1n) is 2.89. The molecule has 1 unspecified atom stereocenters. The SMILES string of the molecule is CC1=CCC(N)C=C1. The van der Waals surface area contributed by atoms with Crippen LogP contribution in [0, 0.1) is 0 Å². The molecule has 1 rings (SSSR count). The molecule has 0 bridgehead atoms. The predicted molar refractivity (Wildman–Crippen MR) is 35.5 cm³/mol. The van der Waals surface area contributed by atoms with Crippen LogP contribution in [0.15, 0.2) is 23.8 Å². The van der Waals surface area contributed by atoms with Crippen molar-refractivity contribution in [1.82, 2.24) is 0 Å². The Morgan fingerprint density at radius 3 is 2.88 bits per heavy atom. The first-order chi connectivity index (χ1) is 3.79. The van der Waals surface area contributed by atoms with Crippen LogP contribution < -0.4 is 5.73 Å². The molecule has 0 radical (unpaired) electrons. The van der Waals surface area contributed by atoms with Crippen LogP contribution in [-0.4, -0.2) is 6.04 Å². The molecule has 0 spiro atoms. The minimum absolute atomic E-state index is 0.263. The van der Waals surface area contributed by atoms with Crippen LogP contribution in [0.1, 0.15) is 13.3 Å². The minimum atomic E-state index is 0.263. The lowest BCUT2D eigenvalue weighted by Crippen LogP contribution is -2.16. The van der Waals surface area contributed by atoms with Crippen molar-refractivity contribution < 1.29 is 0 Å². The third-order valence-electron chi connectivity index (χ3n) is 1.32.